The van der Waals surface area contributed by atoms with Crippen molar-refractivity contribution in [3.05, 3.63) is 125 Å². The minimum absolute atomic E-state index is 0.0974. The number of para-hydroxylation sites is 1. The van der Waals surface area contributed by atoms with Gasteiger partial charge in [0, 0.05) is 23.0 Å². The molecule has 0 spiro atoms. The van der Waals surface area contributed by atoms with Crippen molar-refractivity contribution in [2.75, 3.05) is 4.90 Å². The number of unbranched alkanes of at least 4 members (excludes halogenated alkanes) is 1. The molecule has 7 nitrogen and oxygen atoms in total. The lowest BCUT2D eigenvalue weighted by Gasteiger charge is -2.33. The largest absolute Gasteiger partial charge is 0.416 e. The Hall–Kier alpha value is -5.25. The number of anilines is 1. The van der Waals surface area contributed by atoms with E-state index in [1.807, 2.05) is 73.7 Å². The van der Waals surface area contributed by atoms with Crippen molar-refractivity contribution in [3.8, 4) is 11.1 Å². The molecule has 270 valence electrons. The maximum Gasteiger partial charge on any atom is 0.416 e. The van der Waals surface area contributed by atoms with Crippen LogP contribution in [0.25, 0.3) is 11.1 Å². The lowest BCUT2D eigenvalue weighted by Crippen LogP contribution is -2.51. The van der Waals surface area contributed by atoms with Gasteiger partial charge in [-0.1, -0.05) is 118 Å². The summed E-state index contributed by atoms with van der Waals surface area (Å²) in [5.41, 5.74) is 9.78. The molecule has 4 aromatic carbocycles. The van der Waals surface area contributed by atoms with E-state index in [-0.39, 0.29) is 6.54 Å². The zero-order valence-corrected chi connectivity index (χ0v) is 29.1. The molecule has 0 bridgehead atoms. The summed E-state index contributed by atoms with van der Waals surface area (Å²) in [5.74, 6) is -2.45. The highest BCUT2D eigenvalue weighted by molar-refractivity contribution is 6.20. The van der Waals surface area contributed by atoms with Crippen LogP contribution in [0.5, 0.6) is 0 Å². The fourth-order valence-corrected chi connectivity index (χ4v) is 7.15. The maximum atomic E-state index is 14.7. The van der Waals surface area contributed by atoms with Crippen LogP contribution in [-0.4, -0.2) is 29.6 Å². The lowest BCUT2D eigenvalue weighted by atomic mass is 9.73. The highest BCUT2D eigenvalue weighted by Crippen LogP contribution is 2.37. The Morgan fingerprint density at radius 2 is 1.58 bits per heavy atom. The third-order valence-corrected chi connectivity index (χ3v) is 10.2. The van der Waals surface area contributed by atoms with Gasteiger partial charge in [0.2, 0.25) is 18.0 Å². The molecule has 1 fully saturated rings. The molecule has 1 aliphatic carbocycles. The zero-order valence-electron chi connectivity index (χ0n) is 29.1. The Labute approximate surface area is 302 Å². The number of aliphatic imine (C=N–C) groups is 1. The standard InChI is InChI=1S/C42H43F3N4O3/c1-2-3-17-33(38(46)50)35(25-27-11-9-12-27)40(51)48-39-41(52)49(36-19-8-7-18-34(36)37(47-39)30-14-5-4-6-15-30)26-28-13-10-16-31(24-28)29-20-22-32(23-21-29)42(43,44)45/h4-8,10,13-16,18-24,27,33,35,39H,2-3,9,11-12,17,25-26H2,1H3,(H2,46,50)(H,48,51)/t33-,35+,39+/m0/s1. The SMILES string of the molecule is CCCC[C@H](C(N)=O)[C@@H](CC1CCC1)C(=O)N[C@H]1N=C(c2ccccc2)c2ccccc2N(Cc2cccc(-c3ccc(C(F)(F)F)cc3)c2)C1=O. The third-order valence-electron chi connectivity index (χ3n) is 10.2. The maximum absolute atomic E-state index is 14.7. The molecule has 3 N–H and O–H groups in total. The van der Waals surface area contributed by atoms with Gasteiger partial charge in [-0.3, -0.25) is 14.4 Å². The minimum atomic E-state index is -4.44. The predicted octanol–water partition coefficient (Wildman–Crippen LogP) is 8.30. The quantitative estimate of drug-likeness (QED) is 0.146. The van der Waals surface area contributed by atoms with Crippen LogP contribution in [0.1, 0.15) is 74.1 Å². The summed E-state index contributed by atoms with van der Waals surface area (Å²) >= 11 is 0. The molecule has 1 saturated carbocycles. The van der Waals surface area contributed by atoms with Crippen LogP contribution in [-0.2, 0) is 27.1 Å². The molecule has 0 unspecified atom stereocenters. The summed E-state index contributed by atoms with van der Waals surface area (Å²) in [4.78, 5) is 48.3. The van der Waals surface area contributed by atoms with Gasteiger partial charge in [0.1, 0.15) is 0 Å². The molecule has 1 aliphatic heterocycles. The molecule has 3 atom stereocenters. The van der Waals surface area contributed by atoms with Crippen molar-refractivity contribution < 1.29 is 27.6 Å². The second kappa shape index (κ2) is 16.0. The number of benzene rings is 4. The van der Waals surface area contributed by atoms with E-state index in [0.717, 1.165) is 55.4 Å². The second-order valence-electron chi connectivity index (χ2n) is 13.8. The predicted molar refractivity (Wildman–Crippen MR) is 196 cm³/mol. The van der Waals surface area contributed by atoms with Crippen molar-refractivity contribution in [2.24, 2.45) is 28.5 Å². The fourth-order valence-electron chi connectivity index (χ4n) is 7.15. The van der Waals surface area contributed by atoms with Crippen LogP contribution >= 0.6 is 0 Å². The summed E-state index contributed by atoms with van der Waals surface area (Å²) < 4.78 is 39.7. The van der Waals surface area contributed by atoms with Gasteiger partial charge < -0.3 is 16.0 Å². The van der Waals surface area contributed by atoms with E-state index in [2.05, 4.69) is 5.32 Å². The molecule has 0 radical (unpaired) electrons. The fraction of sp³-hybridized carbons (Fsp3) is 0.333. The Bertz CT molecular complexity index is 1920. The summed E-state index contributed by atoms with van der Waals surface area (Å²) in [6.45, 7) is 2.12. The van der Waals surface area contributed by atoms with E-state index < -0.39 is 47.5 Å². The first kappa shape index (κ1) is 36.5. The summed E-state index contributed by atoms with van der Waals surface area (Å²) in [7, 11) is 0. The zero-order chi connectivity index (χ0) is 36.8. The first-order chi connectivity index (χ1) is 25.0. The monoisotopic (exact) mass is 708 g/mol. The van der Waals surface area contributed by atoms with Gasteiger partial charge in [0.15, 0.2) is 0 Å². The summed E-state index contributed by atoms with van der Waals surface area (Å²) in [6.07, 6.45) is -0.115. The number of rotatable bonds is 13. The Morgan fingerprint density at radius 1 is 0.885 bits per heavy atom. The number of nitrogens with zero attached hydrogens (tertiary/aromatic N) is 2. The van der Waals surface area contributed by atoms with Crippen LogP contribution in [0.2, 0.25) is 0 Å². The van der Waals surface area contributed by atoms with Crippen LogP contribution in [0.15, 0.2) is 108 Å². The number of carbonyl (C=O) groups excluding carboxylic acids is 3. The number of primary amides is 1. The topological polar surface area (TPSA) is 105 Å². The number of carbonyl (C=O) groups is 3. The number of amides is 3. The number of nitrogens with two attached hydrogens (primary N) is 1. The van der Waals surface area contributed by atoms with E-state index in [0.29, 0.717) is 46.8 Å². The molecular formula is C42H43F3N4O3. The van der Waals surface area contributed by atoms with E-state index in [1.54, 1.807) is 17.0 Å². The van der Waals surface area contributed by atoms with Gasteiger partial charge in [-0.15, -0.1) is 0 Å². The molecule has 3 amide bonds. The van der Waals surface area contributed by atoms with Crippen LogP contribution in [0.4, 0.5) is 18.9 Å². The Balaban J connectivity index is 1.37. The average molecular weight is 709 g/mol. The molecule has 10 heteroatoms. The smallest absolute Gasteiger partial charge is 0.369 e. The normalized spacial score (nSPS) is 17.3. The van der Waals surface area contributed by atoms with Crippen molar-refractivity contribution in [1.82, 2.24) is 5.32 Å². The highest BCUT2D eigenvalue weighted by Gasteiger charge is 2.39. The molecule has 2 aliphatic rings. The van der Waals surface area contributed by atoms with Crippen molar-refractivity contribution in [2.45, 2.75) is 70.8 Å². The molecule has 4 aromatic rings. The van der Waals surface area contributed by atoms with Crippen LogP contribution < -0.4 is 16.0 Å². The molecule has 6 rings (SSSR count). The number of hydrogen-bond acceptors (Lipinski definition) is 4. The molecule has 52 heavy (non-hydrogen) atoms. The average Bonchev–Trinajstić information content (AvgIpc) is 3.23. The number of fused-ring (bicyclic) bond motifs is 1. The molecule has 0 aromatic heterocycles. The number of halogens is 3. The summed E-state index contributed by atoms with van der Waals surface area (Å²) in [6, 6.07) is 29.1. The van der Waals surface area contributed by atoms with Gasteiger partial charge >= 0.3 is 6.18 Å². The van der Waals surface area contributed by atoms with Gasteiger partial charge in [-0.25, -0.2) is 4.99 Å². The van der Waals surface area contributed by atoms with E-state index in [1.165, 1.54) is 12.1 Å². The number of hydrogen-bond donors (Lipinski definition) is 2. The van der Waals surface area contributed by atoms with Crippen molar-refractivity contribution in [3.63, 3.8) is 0 Å². The summed E-state index contributed by atoms with van der Waals surface area (Å²) in [5, 5.41) is 2.96. The van der Waals surface area contributed by atoms with Crippen molar-refractivity contribution in [1.29, 1.82) is 0 Å². The van der Waals surface area contributed by atoms with Crippen molar-refractivity contribution >= 4 is 29.1 Å². The lowest BCUT2D eigenvalue weighted by molar-refractivity contribution is -0.137. The molecule has 1 heterocycles. The van der Waals surface area contributed by atoms with Gasteiger partial charge in [-0.2, -0.15) is 13.2 Å². The number of alkyl halides is 3. The Morgan fingerprint density at radius 3 is 2.23 bits per heavy atom. The van der Waals surface area contributed by atoms with Crippen LogP contribution in [0, 0.1) is 17.8 Å². The van der Waals surface area contributed by atoms with Gasteiger partial charge in [0.05, 0.1) is 23.5 Å². The van der Waals surface area contributed by atoms with Gasteiger partial charge in [-0.05, 0) is 59.7 Å². The molecule has 0 saturated heterocycles. The minimum Gasteiger partial charge on any atom is -0.369 e. The van der Waals surface area contributed by atoms with E-state index >= 15 is 0 Å². The van der Waals surface area contributed by atoms with E-state index in [9.17, 15) is 27.6 Å². The first-order valence-corrected chi connectivity index (χ1v) is 17.9. The third kappa shape index (κ3) is 8.27. The number of nitrogens with one attached hydrogen (secondary N) is 1. The Kier molecular flexibility index (Phi) is 11.2. The number of benzodiazepines with no additional fused rings is 1. The molecular weight excluding hydrogens is 665 g/mol. The van der Waals surface area contributed by atoms with Crippen LogP contribution in [0.3, 0.4) is 0 Å². The van der Waals surface area contributed by atoms with E-state index in [4.69, 9.17) is 10.7 Å². The second-order valence-corrected chi connectivity index (χ2v) is 13.8. The highest BCUT2D eigenvalue weighted by atomic mass is 19.4. The van der Waals surface area contributed by atoms with Gasteiger partial charge in [0.25, 0.3) is 5.91 Å². The first-order valence-electron chi connectivity index (χ1n) is 17.9.